The number of nitrogens with one attached hydrogen (secondary N) is 1. The van der Waals surface area contributed by atoms with Gasteiger partial charge in [-0.2, -0.15) is 0 Å². The normalized spacial score (nSPS) is 11.2. The molecule has 0 atom stereocenters. The van der Waals surface area contributed by atoms with Crippen LogP contribution >= 0.6 is 0 Å². The number of sulfone groups is 1. The van der Waals surface area contributed by atoms with Crippen molar-refractivity contribution in [1.29, 1.82) is 0 Å². The molecule has 0 bridgehead atoms. The molecule has 8 nitrogen and oxygen atoms in total. The molecule has 146 valence electrons. The first-order valence-electron chi connectivity index (χ1n) is 8.40. The van der Waals surface area contributed by atoms with E-state index in [0.29, 0.717) is 18.1 Å². The van der Waals surface area contributed by atoms with Gasteiger partial charge in [0.05, 0.1) is 11.3 Å². The number of carbonyl (C=O) groups is 1. The first-order valence-corrected chi connectivity index (χ1v) is 10.3. The van der Waals surface area contributed by atoms with Crippen LogP contribution in [-0.2, 0) is 21.1 Å². The smallest absolute Gasteiger partial charge is 0.322 e. The summed E-state index contributed by atoms with van der Waals surface area (Å²) in [6.07, 6.45) is 1.46. The summed E-state index contributed by atoms with van der Waals surface area (Å²) in [5.41, 5.74) is 1.90. The third-order valence-electron chi connectivity index (χ3n) is 3.81. The van der Waals surface area contributed by atoms with Gasteiger partial charge < -0.3 is 9.15 Å². The number of benzene rings is 2. The third kappa shape index (κ3) is 5.40. The second-order valence-corrected chi connectivity index (χ2v) is 8.26. The summed E-state index contributed by atoms with van der Waals surface area (Å²) in [6, 6.07) is 13.7. The van der Waals surface area contributed by atoms with E-state index >= 15 is 0 Å². The Kier molecular flexibility index (Phi) is 5.74. The zero-order chi connectivity index (χ0) is 20.1. The van der Waals surface area contributed by atoms with Crippen LogP contribution in [0.1, 0.15) is 17.0 Å². The average Bonchev–Trinajstić information content (AvgIpc) is 3.07. The Balaban J connectivity index is 1.53. The Morgan fingerprint density at radius 2 is 1.75 bits per heavy atom. The molecule has 0 radical (unpaired) electrons. The second kappa shape index (κ2) is 8.22. The predicted octanol–water partition coefficient (Wildman–Crippen LogP) is 2.39. The Labute approximate surface area is 162 Å². The van der Waals surface area contributed by atoms with E-state index in [-0.39, 0.29) is 17.5 Å². The summed E-state index contributed by atoms with van der Waals surface area (Å²) in [4.78, 5) is 12.2. The standard InChI is InChI=1S/C19H19N3O5S/c1-13-3-7-15(8-4-13)26-12-17(23)20-19-22-21-18(27-19)11-14-5-9-16(10-6-14)28(2,24)25/h3-10H,11-12H2,1-2H3,(H,20,22,23). The minimum Gasteiger partial charge on any atom is -0.484 e. The van der Waals surface area contributed by atoms with Crippen molar-refractivity contribution in [3.8, 4) is 5.75 Å². The molecule has 1 N–H and O–H groups in total. The molecule has 0 unspecified atom stereocenters. The SMILES string of the molecule is Cc1ccc(OCC(=O)Nc2nnc(Cc3ccc(S(C)(=O)=O)cc3)o2)cc1. The maximum Gasteiger partial charge on any atom is 0.322 e. The number of aryl methyl sites for hydroxylation is 1. The number of hydrogen-bond acceptors (Lipinski definition) is 7. The molecule has 0 aliphatic carbocycles. The highest BCUT2D eigenvalue weighted by Crippen LogP contribution is 2.15. The van der Waals surface area contributed by atoms with Crippen LogP contribution in [0, 0.1) is 6.92 Å². The number of aromatic nitrogens is 2. The van der Waals surface area contributed by atoms with Crippen LogP contribution < -0.4 is 10.1 Å². The molecule has 1 amide bonds. The zero-order valence-electron chi connectivity index (χ0n) is 15.4. The predicted molar refractivity (Wildman–Crippen MR) is 102 cm³/mol. The Bertz CT molecular complexity index is 1060. The van der Waals surface area contributed by atoms with Gasteiger partial charge in [0, 0.05) is 6.26 Å². The number of amides is 1. The van der Waals surface area contributed by atoms with Gasteiger partial charge in [-0.1, -0.05) is 34.9 Å². The van der Waals surface area contributed by atoms with Crippen molar-refractivity contribution in [2.45, 2.75) is 18.2 Å². The van der Waals surface area contributed by atoms with Crippen LogP contribution in [0.5, 0.6) is 5.75 Å². The quantitative estimate of drug-likeness (QED) is 0.647. The van der Waals surface area contributed by atoms with Gasteiger partial charge in [-0.05, 0) is 36.8 Å². The Hall–Kier alpha value is -3.20. The number of nitrogens with zero attached hydrogens (tertiary/aromatic N) is 2. The minimum atomic E-state index is -3.24. The molecule has 0 saturated heterocycles. The number of hydrogen-bond donors (Lipinski definition) is 1. The van der Waals surface area contributed by atoms with Crippen LogP contribution in [0.2, 0.25) is 0 Å². The van der Waals surface area contributed by atoms with Crippen LogP contribution in [0.4, 0.5) is 6.01 Å². The molecule has 0 aliphatic rings. The highest BCUT2D eigenvalue weighted by molar-refractivity contribution is 7.90. The third-order valence-corrected chi connectivity index (χ3v) is 4.94. The van der Waals surface area contributed by atoms with Crippen LogP contribution in [-0.4, -0.2) is 37.4 Å². The fraction of sp³-hybridized carbons (Fsp3) is 0.211. The highest BCUT2D eigenvalue weighted by atomic mass is 32.2. The second-order valence-electron chi connectivity index (χ2n) is 6.24. The van der Waals surface area contributed by atoms with E-state index in [0.717, 1.165) is 17.4 Å². The molecule has 0 saturated carbocycles. The Morgan fingerprint density at radius 3 is 2.39 bits per heavy atom. The van der Waals surface area contributed by atoms with Crippen molar-refractivity contribution in [3.63, 3.8) is 0 Å². The van der Waals surface area contributed by atoms with Gasteiger partial charge in [0.1, 0.15) is 5.75 Å². The van der Waals surface area contributed by atoms with Gasteiger partial charge >= 0.3 is 6.01 Å². The summed E-state index contributed by atoms with van der Waals surface area (Å²) >= 11 is 0. The lowest BCUT2D eigenvalue weighted by Gasteiger charge is -2.05. The van der Waals surface area contributed by atoms with Gasteiger partial charge in [-0.25, -0.2) is 8.42 Å². The van der Waals surface area contributed by atoms with E-state index in [2.05, 4.69) is 15.5 Å². The summed E-state index contributed by atoms with van der Waals surface area (Å²) < 4.78 is 33.7. The monoisotopic (exact) mass is 401 g/mol. The molecule has 1 aromatic heterocycles. The number of ether oxygens (including phenoxy) is 1. The van der Waals surface area contributed by atoms with Crippen LogP contribution in [0.25, 0.3) is 0 Å². The van der Waals surface area contributed by atoms with Crippen LogP contribution in [0.3, 0.4) is 0 Å². The lowest BCUT2D eigenvalue weighted by atomic mass is 10.1. The van der Waals surface area contributed by atoms with Crippen LogP contribution in [0.15, 0.2) is 57.8 Å². The van der Waals surface area contributed by atoms with E-state index in [4.69, 9.17) is 9.15 Å². The van der Waals surface area contributed by atoms with Gasteiger partial charge in [-0.3, -0.25) is 10.1 Å². The molecule has 0 spiro atoms. The molecule has 3 aromatic rings. The first kappa shape index (κ1) is 19.6. The Morgan fingerprint density at radius 1 is 1.07 bits per heavy atom. The number of rotatable bonds is 7. The minimum absolute atomic E-state index is 0.0275. The van der Waals surface area contributed by atoms with E-state index in [1.165, 1.54) is 12.1 Å². The molecule has 0 aliphatic heterocycles. The molecule has 0 fully saturated rings. The number of carbonyl (C=O) groups excluding carboxylic acids is 1. The molecule has 9 heteroatoms. The lowest BCUT2D eigenvalue weighted by Crippen LogP contribution is -2.20. The fourth-order valence-corrected chi connectivity index (χ4v) is 2.97. The maximum atomic E-state index is 11.9. The topological polar surface area (TPSA) is 111 Å². The van der Waals surface area contributed by atoms with Crippen molar-refractivity contribution in [1.82, 2.24) is 10.2 Å². The van der Waals surface area contributed by atoms with Crippen molar-refractivity contribution >= 4 is 21.8 Å². The first-order chi connectivity index (χ1) is 13.3. The maximum absolute atomic E-state index is 11.9. The summed E-state index contributed by atoms with van der Waals surface area (Å²) in [5.74, 6) is 0.458. The van der Waals surface area contributed by atoms with E-state index in [1.54, 1.807) is 24.3 Å². The molecular formula is C19H19N3O5S. The van der Waals surface area contributed by atoms with Gasteiger partial charge in [0.15, 0.2) is 16.4 Å². The van der Waals surface area contributed by atoms with Crippen molar-refractivity contribution in [3.05, 3.63) is 65.5 Å². The van der Waals surface area contributed by atoms with Crippen molar-refractivity contribution in [2.24, 2.45) is 0 Å². The average molecular weight is 401 g/mol. The van der Waals surface area contributed by atoms with Crippen molar-refractivity contribution < 1.29 is 22.4 Å². The van der Waals surface area contributed by atoms with Gasteiger partial charge in [0.2, 0.25) is 5.89 Å². The van der Waals surface area contributed by atoms with E-state index in [9.17, 15) is 13.2 Å². The molecule has 3 rings (SSSR count). The molecule has 1 heterocycles. The lowest BCUT2D eigenvalue weighted by molar-refractivity contribution is -0.118. The number of anilines is 1. The molecular weight excluding hydrogens is 382 g/mol. The summed E-state index contributed by atoms with van der Waals surface area (Å²) in [5, 5.41) is 10.1. The van der Waals surface area contributed by atoms with Gasteiger partial charge in [0.25, 0.3) is 5.91 Å². The molecule has 2 aromatic carbocycles. The summed E-state index contributed by atoms with van der Waals surface area (Å²) in [6.45, 7) is 1.78. The van der Waals surface area contributed by atoms with E-state index in [1.807, 2.05) is 19.1 Å². The van der Waals surface area contributed by atoms with E-state index < -0.39 is 15.7 Å². The largest absolute Gasteiger partial charge is 0.484 e. The highest BCUT2D eigenvalue weighted by Gasteiger charge is 2.12. The molecule has 28 heavy (non-hydrogen) atoms. The van der Waals surface area contributed by atoms with Gasteiger partial charge in [-0.15, -0.1) is 5.10 Å². The summed E-state index contributed by atoms with van der Waals surface area (Å²) in [7, 11) is -3.24. The zero-order valence-corrected chi connectivity index (χ0v) is 16.2. The fourth-order valence-electron chi connectivity index (χ4n) is 2.34. The van der Waals surface area contributed by atoms with Crippen molar-refractivity contribution in [2.75, 3.05) is 18.2 Å².